The van der Waals surface area contributed by atoms with E-state index in [0.29, 0.717) is 46.0 Å². The third-order valence-electron chi connectivity index (χ3n) is 6.49. The number of rotatable bonds is 8. The Labute approximate surface area is 219 Å². The number of thioether (sulfide) groups is 1. The molecule has 0 bridgehead atoms. The van der Waals surface area contributed by atoms with Gasteiger partial charge in [0.05, 0.1) is 10.5 Å². The van der Waals surface area contributed by atoms with E-state index in [9.17, 15) is 19.7 Å². The lowest BCUT2D eigenvalue weighted by atomic mass is 9.71. The quantitative estimate of drug-likeness (QED) is 0.198. The van der Waals surface area contributed by atoms with Crippen LogP contribution >= 0.6 is 23.4 Å². The fraction of sp³-hybridized carbons (Fsp3) is 0.333. The molecule has 1 N–H and O–H groups in total. The third-order valence-corrected chi connectivity index (χ3v) is 7.61. The number of nitro groups is 1. The number of nitrogens with zero attached hydrogens (tertiary/aromatic N) is 1. The number of nitrogens with one attached hydrogen (secondary N) is 1. The molecule has 2 aromatic rings. The fourth-order valence-corrected chi connectivity index (χ4v) is 5.43. The lowest BCUT2D eigenvalue weighted by Gasteiger charge is -2.36. The van der Waals surface area contributed by atoms with E-state index < -0.39 is 16.8 Å². The Morgan fingerprint density at radius 2 is 1.81 bits per heavy atom. The van der Waals surface area contributed by atoms with E-state index in [2.05, 4.69) is 5.32 Å². The first-order valence-corrected chi connectivity index (χ1v) is 13.3. The minimum absolute atomic E-state index is 0.0223. The van der Waals surface area contributed by atoms with Crippen LogP contribution < -0.4 is 5.32 Å². The molecule has 0 spiro atoms. The van der Waals surface area contributed by atoms with Crippen LogP contribution in [0.5, 0.6) is 0 Å². The average Bonchev–Trinajstić information content (AvgIpc) is 2.86. The fourth-order valence-electron chi connectivity index (χ4n) is 4.82. The van der Waals surface area contributed by atoms with E-state index in [1.807, 2.05) is 31.2 Å². The number of allylic oxidation sites excluding steroid dienone is 3. The van der Waals surface area contributed by atoms with Crippen molar-refractivity contribution in [3.63, 3.8) is 0 Å². The third kappa shape index (κ3) is 5.50. The summed E-state index contributed by atoms with van der Waals surface area (Å²) in [6.07, 6.45) is 0.888. The Hall–Kier alpha value is -3.10. The van der Waals surface area contributed by atoms with Crippen LogP contribution in [0.15, 0.2) is 71.1 Å². The van der Waals surface area contributed by atoms with Gasteiger partial charge >= 0.3 is 5.97 Å². The molecule has 9 heteroatoms. The zero-order valence-corrected chi connectivity index (χ0v) is 21.7. The Morgan fingerprint density at radius 3 is 2.44 bits per heavy atom. The number of Topliss-reactive ketones (excluding diaryl/α,β-unsaturated/α-hetero) is 1. The van der Waals surface area contributed by atoms with Crippen molar-refractivity contribution in [2.75, 3.05) is 18.1 Å². The van der Waals surface area contributed by atoms with Crippen LogP contribution in [0.1, 0.15) is 49.7 Å². The van der Waals surface area contributed by atoms with Gasteiger partial charge in [-0.2, -0.15) is 11.8 Å². The molecule has 0 radical (unpaired) electrons. The Morgan fingerprint density at radius 1 is 1.14 bits per heavy atom. The first kappa shape index (κ1) is 26.0. The number of hydrogen-bond donors (Lipinski definition) is 1. The number of nitro benzene ring substituents is 1. The van der Waals surface area contributed by atoms with Gasteiger partial charge in [0.15, 0.2) is 5.78 Å². The van der Waals surface area contributed by atoms with Crippen LogP contribution in [0.2, 0.25) is 5.02 Å². The average molecular weight is 527 g/mol. The Kier molecular flexibility index (Phi) is 8.16. The number of hydrogen-bond acceptors (Lipinski definition) is 7. The molecule has 2 unspecified atom stereocenters. The number of benzene rings is 2. The van der Waals surface area contributed by atoms with E-state index >= 15 is 0 Å². The van der Waals surface area contributed by atoms with Crippen LogP contribution in [-0.4, -0.2) is 34.8 Å². The lowest BCUT2D eigenvalue weighted by Crippen LogP contribution is -2.36. The highest BCUT2D eigenvalue weighted by Crippen LogP contribution is 2.46. The van der Waals surface area contributed by atoms with Crippen LogP contribution in [0.25, 0.3) is 0 Å². The molecule has 188 valence electrons. The van der Waals surface area contributed by atoms with Crippen LogP contribution in [0.3, 0.4) is 0 Å². The first-order chi connectivity index (χ1) is 17.3. The number of carbonyl (C=O) groups is 2. The maximum absolute atomic E-state index is 13.6. The van der Waals surface area contributed by atoms with E-state index in [4.69, 9.17) is 16.3 Å². The molecular formula is C27H27ClN2O5S. The van der Waals surface area contributed by atoms with E-state index in [-0.39, 0.29) is 24.0 Å². The monoisotopic (exact) mass is 526 g/mol. The van der Waals surface area contributed by atoms with E-state index in [1.54, 1.807) is 30.8 Å². The van der Waals surface area contributed by atoms with Crippen molar-refractivity contribution in [2.45, 2.75) is 38.5 Å². The first-order valence-electron chi connectivity index (χ1n) is 11.8. The summed E-state index contributed by atoms with van der Waals surface area (Å²) in [6, 6.07) is 13.5. The standard InChI is InChI=1S/C27H27ClN2O5S/c1-3-36-13-12-35-27(32)24-16(2)29-22-14-19(17-4-8-20(28)9-5-17)15-23(31)26(22)25(24)18-6-10-21(11-7-18)30(33)34/h4-11,19,25,29H,3,12-15H2,1-2H3. The SMILES string of the molecule is CCSCCOC(=O)C1=C(C)NC2=C(C(=O)CC(c3ccc(Cl)cc3)C2)C1c1ccc([N+](=O)[O-])cc1. The summed E-state index contributed by atoms with van der Waals surface area (Å²) in [5.41, 5.74) is 3.88. The van der Waals surface area contributed by atoms with Gasteiger partial charge < -0.3 is 10.1 Å². The second-order valence-corrected chi connectivity index (χ2v) is 10.6. The van der Waals surface area contributed by atoms with Crippen molar-refractivity contribution in [1.29, 1.82) is 0 Å². The molecule has 0 saturated carbocycles. The van der Waals surface area contributed by atoms with Crippen molar-refractivity contribution < 1.29 is 19.2 Å². The zero-order valence-electron chi connectivity index (χ0n) is 20.1. The summed E-state index contributed by atoms with van der Waals surface area (Å²) in [5.74, 6) is 0.370. The van der Waals surface area contributed by atoms with Gasteiger partial charge in [-0.1, -0.05) is 42.8 Å². The summed E-state index contributed by atoms with van der Waals surface area (Å²) in [7, 11) is 0. The van der Waals surface area contributed by atoms with Crippen LogP contribution in [-0.2, 0) is 14.3 Å². The minimum atomic E-state index is -0.660. The van der Waals surface area contributed by atoms with Gasteiger partial charge in [0.2, 0.25) is 0 Å². The molecule has 1 heterocycles. The van der Waals surface area contributed by atoms with Crippen molar-refractivity contribution in [3.8, 4) is 0 Å². The van der Waals surface area contributed by atoms with Crippen molar-refractivity contribution >= 4 is 40.8 Å². The normalized spacial score (nSPS) is 19.6. The molecule has 2 aromatic carbocycles. The minimum Gasteiger partial charge on any atom is -0.461 e. The van der Waals surface area contributed by atoms with E-state index in [0.717, 1.165) is 17.0 Å². The molecule has 1 aliphatic carbocycles. The second kappa shape index (κ2) is 11.3. The number of esters is 1. The van der Waals surface area contributed by atoms with Crippen molar-refractivity contribution in [1.82, 2.24) is 5.32 Å². The number of halogens is 1. The molecule has 36 heavy (non-hydrogen) atoms. The van der Waals surface area contributed by atoms with Gasteiger partial charge in [-0.05, 0) is 48.3 Å². The smallest absolute Gasteiger partial charge is 0.336 e. The number of carbonyl (C=O) groups excluding carboxylic acids is 2. The topological polar surface area (TPSA) is 98.5 Å². The summed E-state index contributed by atoms with van der Waals surface area (Å²) in [5, 5.41) is 15.1. The summed E-state index contributed by atoms with van der Waals surface area (Å²) < 4.78 is 5.57. The predicted molar refractivity (Wildman–Crippen MR) is 141 cm³/mol. The van der Waals surface area contributed by atoms with Crippen molar-refractivity contribution in [3.05, 3.63) is 97.3 Å². The highest BCUT2D eigenvalue weighted by atomic mass is 35.5. The largest absolute Gasteiger partial charge is 0.461 e. The van der Waals surface area contributed by atoms with Crippen molar-refractivity contribution in [2.24, 2.45) is 0 Å². The maximum atomic E-state index is 13.6. The lowest BCUT2D eigenvalue weighted by molar-refractivity contribution is -0.384. The van der Waals surface area contributed by atoms with Crippen LogP contribution in [0.4, 0.5) is 5.69 Å². The summed E-state index contributed by atoms with van der Waals surface area (Å²) in [6.45, 7) is 4.10. The molecule has 2 atom stereocenters. The molecule has 0 fully saturated rings. The molecule has 2 aliphatic rings. The summed E-state index contributed by atoms with van der Waals surface area (Å²) >= 11 is 7.72. The van der Waals surface area contributed by atoms with Gasteiger partial charge in [-0.25, -0.2) is 4.79 Å². The Balaban J connectivity index is 1.72. The molecule has 0 saturated heterocycles. The molecule has 7 nitrogen and oxygen atoms in total. The molecular weight excluding hydrogens is 500 g/mol. The number of ether oxygens (including phenoxy) is 1. The predicted octanol–water partition coefficient (Wildman–Crippen LogP) is 5.91. The van der Waals surface area contributed by atoms with Gasteiger partial charge in [0.25, 0.3) is 5.69 Å². The number of dihydropyridines is 1. The van der Waals surface area contributed by atoms with Gasteiger partial charge in [-0.15, -0.1) is 0 Å². The number of ketones is 1. The molecule has 0 amide bonds. The molecule has 1 aliphatic heterocycles. The number of non-ortho nitro benzene ring substituents is 1. The van der Waals surface area contributed by atoms with Crippen LogP contribution in [0, 0.1) is 10.1 Å². The molecule has 0 aromatic heterocycles. The Bertz CT molecular complexity index is 1240. The van der Waals surface area contributed by atoms with Gasteiger partial charge in [0.1, 0.15) is 6.61 Å². The second-order valence-electron chi connectivity index (χ2n) is 8.75. The summed E-state index contributed by atoms with van der Waals surface area (Å²) in [4.78, 5) is 37.6. The van der Waals surface area contributed by atoms with Gasteiger partial charge in [-0.3, -0.25) is 14.9 Å². The molecule has 4 rings (SSSR count). The highest BCUT2D eigenvalue weighted by molar-refractivity contribution is 7.99. The maximum Gasteiger partial charge on any atom is 0.336 e. The highest BCUT2D eigenvalue weighted by Gasteiger charge is 2.41. The zero-order chi connectivity index (χ0) is 25.8. The van der Waals surface area contributed by atoms with Gasteiger partial charge in [0, 0.05) is 52.2 Å². The van der Waals surface area contributed by atoms with E-state index in [1.165, 1.54) is 12.1 Å².